The number of carbonyl (C=O) groups excluding carboxylic acids is 1. The van der Waals surface area contributed by atoms with Crippen molar-refractivity contribution in [1.29, 1.82) is 0 Å². The van der Waals surface area contributed by atoms with Gasteiger partial charge in [-0.2, -0.15) is 0 Å². The van der Waals surface area contributed by atoms with E-state index in [-0.39, 0.29) is 23.7 Å². The van der Waals surface area contributed by atoms with Crippen LogP contribution in [0.1, 0.15) is 36.8 Å². The summed E-state index contributed by atoms with van der Waals surface area (Å²) >= 11 is 6.25. The van der Waals surface area contributed by atoms with E-state index in [1.807, 2.05) is 43.0 Å². The molecule has 1 aromatic heterocycles. The Labute approximate surface area is 186 Å². The van der Waals surface area contributed by atoms with Gasteiger partial charge in [0.15, 0.2) is 12.4 Å². The van der Waals surface area contributed by atoms with E-state index in [9.17, 15) is 9.59 Å². The predicted octanol–water partition coefficient (Wildman–Crippen LogP) is 5.51. The molecule has 1 aliphatic rings. The fourth-order valence-corrected chi connectivity index (χ4v) is 4.03. The molecule has 1 aliphatic heterocycles. The third kappa shape index (κ3) is 4.62. The van der Waals surface area contributed by atoms with Crippen LogP contribution in [0, 0.1) is 13.8 Å². The first-order chi connectivity index (χ1) is 14.9. The minimum Gasteiger partial charge on any atom is -0.476 e. The minimum absolute atomic E-state index is 0.0412. The largest absolute Gasteiger partial charge is 0.476 e. The fraction of sp³-hybridized carbons (Fsp3) is 0.360. The molecule has 0 atom stereocenters. The Bertz CT molecular complexity index is 1160. The van der Waals surface area contributed by atoms with Gasteiger partial charge >= 0.3 is 0 Å². The van der Waals surface area contributed by atoms with Gasteiger partial charge in [-0.15, -0.1) is 0 Å². The van der Waals surface area contributed by atoms with Crippen LogP contribution in [0.4, 0.5) is 0 Å². The van der Waals surface area contributed by atoms with Crippen LogP contribution in [0.2, 0.25) is 5.02 Å². The van der Waals surface area contributed by atoms with Crippen LogP contribution in [0.25, 0.3) is 22.3 Å². The summed E-state index contributed by atoms with van der Waals surface area (Å²) in [5.41, 5.74) is 2.73. The van der Waals surface area contributed by atoms with Crippen molar-refractivity contribution >= 4 is 28.5 Å². The van der Waals surface area contributed by atoms with Gasteiger partial charge in [0.25, 0.3) is 5.91 Å². The number of halogens is 1. The smallest absolute Gasteiger partial charge is 0.260 e. The van der Waals surface area contributed by atoms with Crippen LogP contribution >= 0.6 is 11.6 Å². The lowest BCUT2D eigenvalue weighted by molar-refractivity contribution is -0.133. The van der Waals surface area contributed by atoms with Gasteiger partial charge < -0.3 is 14.1 Å². The van der Waals surface area contributed by atoms with Crippen molar-refractivity contribution in [2.75, 3.05) is 19.7 Å². The monoisotopic (exact) mass is 439 g/mol. The van der Waals surface area contributed by atoms with Crippen molar-refractivity contribution in [3.05, 3.63) is 62.8 Å². The van der Waals surface area contributed by atoms with E-state index in [1.165, 1.54) is 0 Å². The van der Waals surface area contributed by atoms with Crippen LogP contribution in [-0.2, 0) is 4.79 Å². The molecule has 2 heterocycles. The third-order valence-electron chi connectivity index (χ3n) is 5.74. The summed E-state index contributed by atoms with van der Waals surface area (Å²) in [6.45, 7) is 5.11. The van der Waals surface area contributed by atoms with E-state index in [4.69, 9.17) is 20.8 Å². The van der Waals surface area contributed by atoms with Crippen LogP contribution in [0.15, 0.2) is 45.6 Å². The summed E-state index contributed by atoms with van der Waals surface area (Å²) in [5.74, 6) is 0.250. The van der Waals surface area contributed by atoms with Gasteiger partial charge in [0.1, 0.15) is 5.58 Å². The van der Waals surface area contributed by atoms with E-state index in [0.717, 1.165) is 55.5 Å². The standard InChI is InChI=1S/C25H26ClNO4/c1-16-7-9-18(10-8-16)24-25(30-15-22(28)27-11-5-3-4-6-12-27)23(29)19-14-20(26)17(2)13-21(19)31-24/h7-10,13-14H,3-6,11-12,15H2,1-2H3. The van der Waals surface area contributed by atoms with Crippen LogP contribution < -0.4 is 10.2 Å². The molecule has 0 bridgehead atoms. The van der Waals surface area contributed by atoms with Crippen LogP contribution in [-0.4, -0.2) is 30.5 Å². The molecule has 0 saturated carbocycles. The number of fused-ring (bicyclic) bond motifs is 1. The first-order valence-electron chi connectivity index (χ1n) is 10.7. The van der Waals surface area contributed by atoms with Gasteiger partial charge in [-0.05, 0) is 44.4 Å². The number of carbonyl (C=O) groups is 1. The summed E-state index contributed by atoms with van der Waals surface area (Å²) in [7, 11) is 0. The molecule has 31 heavy (non-hydrogen) atoms. The molecule has 0 unspecified atom stereocenters. The highest BCUT2D eigenvalue weighted by Crippen LogP contribution is 2.33. The number of nitrogens with zero attached hydrogens (tertiary/aromatic N) is 1. The quantitative estimate of drug-likeness (QED) is 0.537. The SMILES string of the molecule is Cc1ccc(-c2oc3cc(C)c(Cl)cc3c(=O)c2OCC(=O)N2CCCCCC2)cc1. The number of aryl methyl sites for hydroxylation is 2. The van der Waals surface area contributed by atoms with Crippen molar-refractivity contribution < 1.29 is 13.9 Å². The number of rotatable bonds is 4. The first kappa shape index (κ1) is 21.4. The van der Waals surface area contributed by atoms with E-state index < -0.39 is 0 Å². The van der Waals surface area contributed by atoms with E-state index in [2.05, 4.69) is 0 Å². The molecular formula is C25H26ClNO4. The molecule has 5 nitrogen and oxygen atoms in total. The van der Waals surface area contributed by atoms with E-state index in [1.54, 1.807) is 12.1 Å². The maximum Gasteiger partial charge on any atom is 0.260 e. The second kappa shape index (κ2) is 9.15. The zero-order chi connectivity index (χ0) is 22.0. The Hall–Kier alpha value is -2.79. The molecule has 0 spiro atoms. The van der Waals surface area contributed by atoms with Gasteiger partial charge in [-0.1, -0.05) is 54.3 Å². The molecule has 4 rings (SSSR count). The lowest BCUT2D eigenvalue weighted by Crippen LogP contribution is -2.36. The van der Waals surface area contributed by atoms with E-state index >= 15 is 0 Å². The van der Waals surface area contributed by atoms with Gasteiger partial charge in [-0.3, -0.25) is 9.59 Å². The second-order valence-corrected chi connectivity index (χ2v) is 8.54. The van der Waals surface area contributed by atoms with Crippen molar-refractivity contribution in [3.8, 4) is 17.1 Å². The molecule has 3 aromatic rings. The molecule has 0 radical (unpaired) electrons. The summed E-state index contributed by atoms with van der Waals surface area (Å²) in [4.78, 5) is 27.9. The van der Waals surface area contributed by atoms with Crippen molar-refractivity contribution in [2.45, 2.75) is 39.5 Å². The average Bonchev–Trinajstić information content (AvgIpc) is 3.04. The van der Waals surface area contributed by atoms with Crippen LogP contribution in [0.5, 0.6) is 5.75 Å². The average molecular weight is 440 g/mol. The maximum absolute atomic E-state index is 13.3. The topological polar surface area (TPSA) is 59.8 Å². The van der Waals surface area contributed by atoms with Crippen molar-refractivity contribution in [2.24, 2.45) is 0 Å². The summed E-state index contributed by atoms with van der Waals surface area (Å²) in [5, 5.41) is 0.818. The van der Waals surface area contributed by atoms with Gasteiger partial charge in [0.05, 0.1) is 5.39 Å². The lowest BCUT2D eigenvalue weighted by Gasteiger charge is -2.20. The number of hydrogen-bond donors (Lipinski definition) is 0. The number of ether oxygens (including phenoxy) is 1. The lowest BCUT2D eigenvalue weighted by atomic mass is 10.1. The molecular weight excluding hydrogens is 414 g/mol. The predicted molar refractivity (Wildman–Crippen MR) is 123 cm³/mol. The normalized spacial score (nSPS) is 14.5. The number of benzene rings is 2. The zero-order valence-corrected chi connectivity index (χ0v) is 18.6. The molecule has 6 heteroatoms. The molecule has 162 valence electrons. The number of hydrogen-bond acceptors (Lipinski definition) is 4. The highest BCUT2D eigenvalue weighted by atomic mass is 35.5. The second-order valence-electron chi connectivity index (χ2n) is 8.14. The molecule has 1 saturated heterocycles. The van der Waals surface area contributed by atoms with Gasteiger partial charge in [0, 0.05) is 23.7 Å². The minimum atomic E-state index is -0.331. The molecule has 0 N–H and O–H groups in total. The highest BCUT2D eigenvalue weighted by Gasteiger charge is 2.22. The Morgan fingerprint density at radius 2 is 1.74 bits per heavy atom. The van der Waals surface area contributed by atoms with E-state index in [0.29, 0.717) is 21.8 Å². The fourth-order valence-electron chi connectivity index (χ4n) is 3.87. The number of likely N-dealkylation sites (tertiary alicyclic amines) is 1. The third-order valence-corrected chi connectivity index (χ3v) is 6.15. The van der Waals surface area contributed by atoms with Crippen molar-refractivity contribution in [3.63, 3.8) is 0 Å². The molecule has 0 aliphatic carbocycles. The molecule has 1 amide bonds. The number of amides is 1. The zero-order valence-electron chi connectivity index (χ0n) is 17.9. The summed E-state index contributed by atoms with van der Waals surface area (Å²) < 4.78 is 12.0. The molecule has 1 fully saturated rings. The van der Waals surface area contributed by atoms with Crippen molar-refractivity contribution in [1.82, 2.24) is 4.90 Å². The molecule has 2 aromatic carbocycles. The van der Waals surface area contributed by atoms with Gasteiger partial charge in [0.2, 0.25) is 11.2 Å². The summed E-state index contributed by atoms with van der Waals surface area (Å²) in [6.07, 6.45) is 4.26. The van der Waals surface area contributed by atoms with Crippen LogP contribution in [0.3, 0.4) is 0 Å². The maximum atomic E-state index is 13.3. The highest BCUT2D eigenvalue weighted by molar-refractivity contribution is 6.32. The Morgan fingerprint density at radius 3 is 2.42 bits per heavy atom. The Kier molecular flexibility index (Phi) is 6.33. The Morgan fingerprint density at radius 1 is 1.06 bits per heavy atom. The Balaban J connectivity index is 1.74. The first-order valence-corrected chi connectivity index (χ1v) is 11.1. The summed E-state index contributed by atoms with van der Waals surface area (Å²) in [6, 6.07) is 11.0. The van der Waals surface area contributed by atoms with Gasteiger partial charge in [-0.25, -0.2) is 0 Å².